The summed E-state index contributed by atoms with van der Waals surface area (Å²) in [4.78, 5) is 8.49. The molecule has 0 radical (unpaired) electrons. The SMILES string of the molecule is COCCCc1nc(-c2c(-c3ccccc3)[nH]c3ccccc23)cs1. The van der Waals surface area contributed by atoms with Crippen molar-refractivity contribution < 1.29 is 4.74 Å². The van der Waals surface area contributed by atoms with Gasteiger partial charge in [0.05, 0.1) is 16.4 Å². The van der Waals surface area contributed by atoms with Crippen molar-refractivity contribution in [3.63, 3.8) is 0 Å². The fraction of sp³-hybridized carbons (Fsp3) is 0.190. The first-order valence-electron chi connectivity index (χ1n) is 8.46. The average Bonchev–Trinajstić information content (AvgIpc) is 3.27. The fourth-order valence-corrected chi connectivity index (χ4v) is 3.97. The molecule has 0 atom stereocenters. The monoisotopic (exact) mass is 348 g/mol. The maximum Gasteiger partial charge on any atom is 0.0933 e. The van der Waals surface area contributed by atoms with E-state index in [2.05, 4.69) is 58.9 Å². The van der Waals surface area contributed by atoms with E-state index in [1.54, 1.807) is 18.4 Å². The second-order valence-electron chi connectivity index (χ2n) is 6.01. The van der Waals surface area contributed by atoms with Gasteiger partial charge in [-0.05, 0) is 18.1 Å². The lowest BCUT2D eigenvalue weighted by atomic mass is 10.0. The number of rotatable bonds is 6. The molecular weight excluding hydrogens is 328 g/mol. The summed E-state index contributed by atoms with van der Waals surface area (Å²) in [6, 6.07) is 18.9. The summed E-state index contributed by atoms with van der Waals surface area (Å²) in [5.74, 6) is 0. The maximum atomic E-state index is 5.15. The van der Waals surface area contributed by atoms with Gasteiger partial charge in [0.15, 0.2) is 0 Å². The molecular formula is C21H20N2OS. The molecule has 2 heterocycles. The number of fused-ring (bicyclic) bond motifs is 1. The van der Waals surface area contributed by atoms with Crippen LogP contribution in [0.4, 0.5) is 0 Å². The predicted molar refractivity (Wildman–Crippen MR) is 105 cm³/mol. The van der Waals surface area contributed by atoms with Crippen molar-refractivity contribution in [3.8, 4) is 22.5 Å². The lowest BCUT2D eigenvalue weighted by Gasteiger charge is -2.03. The third-order valence-electron chi connectivity index (χ3n) is 4.32. The Kier molecular flexibility index (Phi) is 4.63. The van der Waals surface area contributed by atoms with E-state index >= 15 is 0 Å². The topological polar surface area (TPSA) is 37.9 Å². The Balaban J connectivity index is 1.80. The summed E-state index contributed by atoms with van der Waals surface area (Å²) < 4.78 is 5.15. The summed E-state index contributed by atoms with van der Waals surface area (Å²) in [5, 5.41) is 4.55. The van der Waals surface area contributed by atoms with Crippen molar-refractivity contribution >= 4 is 22.2 Å². The molecule has 4 rings (SSSR count). The Morgan fingerprint density at radius 3 is 2.68 bits per heavy atom. The standard InChI is InChI=1S/C21H20N2OS/c1-24-13-7-12-19-22-18(14-25-19)20-16-10-5-6-11-17(16)23-21(20)15-8-3-2-4-9-15/h2-6,8-11,14,23H,7,12-13H2,1H3. The van der Waals surface area contributed by atoms with Crippen LogP contribution in [-0.2, 0) is 11.2 Å². The molecule has 0 saturated heterocycles. The number of methoxy groups -OCH3 is 1. The second kappa shape index (κ2) is 7.21. The highest BCUT2D eigenvalue weighted by molar-refractivity contribution is 7.10. The van der Waals surface area contributed by atoms with E-state index < -0.39 is 0 Å². The van der Waals surface area contributed by atoms with E-state index in [1.165, 1.54) is 16.5 Å². The van der Waals surface area contributed by atoms with E-state index in [0.717, 1.165) is 41.4 Å². The summed E-state index contributed by atoms with van der Waals surface area (Å²) >= 11 is 1.73. The minimum Gasteiger partial charge on any atom is -0.385 e. The lowest BCUT2D eigenvalue weighted by Crippen LogP contribution is -1.92. The van der Waals surface area contributed by atoms with Gasteiger partial charge in [0, 0.05) is 42.0 Å². The molecule has 0 saturated carbocycles. The highest BCUT2D eigenvalue weighted by Gasteiger charge is 2.17. The average molecular weight is 348 g/mol. The molecule has 25 heavy (non-hydrogen) atoms. The number of hydrogen-bond acceptors (Lipinski definition) is 3. The largest absolute Gasteiger partial charge is 0.385 e. The first kappa shape index (κ1) is 16.1. The minimum atomic E-state index is 0.775. The van der Waals surface area contributed by atoms with Gasteiger partial charge in [-0.2, -0.15) is 0 Å². The summed E-state index contributed by atoms with van der Waals surface area (Å²) in [6.45, 7) is 0.775. The number of thiazole rings is 1. The normalized spacial score (nSPS) is 11.2. The number of ether oxygens (including phenoxy) is 1. The Morgan fingerprint density at radius 2 is 1.84 bits per heavy atom. The third kappa shape index (κ3) is 3.23. The number of para-hydroxylation sites is 1. The van der Waals surface area contributed by atoms with E-state index in [4.69, 9.17) is 9.72 Å². The van der Waals surface area contributed by atoms with Gasteiger partial charge in [-0.3, -0.25) is 0 Å². The minimum absolute atomic E-state index is 0.775. The number of aryl methyl sites for hydroxylation is 1. The molecule has 0 fully saturated rings. The van der Waals surface area contributed by atoms with Gasteiger partial charge >= 0.3 is 0 Å². The van der Waals surface area contributed by atoms with Crippen LogP contribution in [0, 0.1) is 0 Å². The van der Waals surface area contributed by atoms with Crippen molar-refractivity contribution in [1.29, 1.82) is 0 Å². The zero-order chi connectivity index (χ0) is 17.1. The van der Waals surface area contributed by atoms with Crippen LogP contribution in [0.3, 0.4) is 0 Å². The van der Waals surface area contributed by atoms with Crippen LogP contribution in [-0.4, -0.2) is 23.7 Å². The van der Waals surface area contributed by atoms with Crippen molar-refractivity contribution in [2.24, 2.45) is 0 Å². The Bertz CT molecular complexity index is 972. The molecule has 0 aliphatic carbocycles. The molecule has 0 spiro atoms. The Hall–Kier alpha value is -2.43. The predicted octanol–water partition coefficient (Wildman–Crippen LogP) is 5.54. The molecule has 2 aromatic heterocycles. The number of aromatic amines is 1. The highest BCUT2D eigenvalue weighted by Crippen LogP contribution is 2.38. The van der Waals surface area contributed by atoms with Crippen molar-refractivity contribution in [3.05, 3.63) is 65.0 Å². The molecule has 0 amide bonds. The molecule has 0 unspecified atom stereocenters. The second-order valence-corrected chi connectivity index (χ2v) is 6.95. The van der Waals surface area contributed by atoms with Crippen LogP contribution in [0.1, 0.15) is 11.4 Å². The molecule has 0 bridgehead atoms. The smallest absolute Gasteiger partial charge is 0.0933 e. The fourth-order valence-electron chi connectivity index (χ4n) is 3.14. The lowest BCUT2D eigenvalue weighted by molar-refractivity contribution is 0.195. The van der Waals surface area contributed by atoms with Gasteiger partial charge in [-0.25, -0.2) is 4.98 Å². The molecule has 4 heteroatoms. The van der Waals surface area contributed by atoms with Crippen LogP contribution >= 0.6 is 11.3 Å². The van der Waals surface area contributed by atoms with Crippen molar-refractivity contribution in [2.45, 2.75) is 12.8 Å². The van der Waals surface area contributed by atoms with Gasteiger partial charge in [0.1, 0.15) is 0 Å². The number of hydrogen-bond donors (Lipinski definition) is 1. The molecule has 3 nitrogen and oxygen atoms in total. The number of nitrogens with zero attached hydrogens (tertiary/aromatic N) is 1. The summed E-state index contributed by atoms with van der Waals surface area (Å²) in [7, 11) is 1.74. The number of benzene rings is 2. The van der Waals surface area contributed by atoms with Crippen LogP contribution in [0.2, 0.25) is 0 Å². The van der Waals surface area contributed by atoms with Gasteiger partial charge in [-0.15, -0.1) is 11.3 Å². The zero-order valence-electron chi connectivity index (χ0n) is 14.2. The zero-order valence-corrected chi connectivity index (χ0v) is 15.0. The number of aromatic nitrogens is 2. The molecule has 0 aliphatic heterocycles. The van der Waals surface area contributed by atoms with Crippen LogP contribution in [0.25, 0.3) is 33.4 Å². The number of nitrogens with one attached hydrogen (secondary N) is 1. The van der Waals surface area contributed by atoms with Crippen molar-refractivity contribution in [1.82, 2.24) is 9.97 Å². The molecule has 126 valence electrons. The first-order valence-corrected chi connectivity index (χ1v) is 9.34. The van der Waals surface area contributed by atoms with E-state index in [9.17, 15) is 0 Å². The third-order valence-corrected chi connectivity index (χ3v) is 5.22. The molecule has 2 aromatic carbocycles. The molecule has 4 aromatic rings. The van der Waals surface area contributed by atoms with Gasteiger partial charge in [0.25, 0.3) is 0 Å². The highest BCUT2D eigenvalue weighted by atomic mass is 32.1. The van der Waals surface area contributed by atoms with E-state index in [0.29, 0.717) is 0 Å². The first-order chi connectivity index (χ1) is 12.4. The van der Waals surface area contributed by atoms with Gasteiger partial charge < -0.3 is 9.72 Å². The van der Waals surface area contributed by atoms with Crippen LogP contribution in [0.5, 0.6) is 0 Å². The molecule has 0 aliphatic rings. The summed E-state index contributed by atoms with van der Waals surface area (Å²) in [5.41, 5.74) is 5.70. The van der Waals surface area contributed by atoms with E-state index in [1.807, 2.05) is 6.07 Å². The van der Waals surface area contributed by atoms with Crippen LogP contribution < -0.4 is 0 Å². The van der Waals surface area contributed by atoms with Crippen LogP contribution in [0.15, 0.2) is 60.0 Å². The maximum absolute atomic E-state index is 5.15. The van der Waals surface area contributed by atoms with E-state index in [-0.39, 0.29) is 0 Å². The quantitative estimate of drug-likeness (QED) is 0.465. The van der Waals surface area contributed by atoms with Crippen molar-refractivity contribution in [2.75, 3.05) is 13.7 Å². The van der Waals surface area contributed by atoms with Gasteiger partial charge in [-0.1, -0.05) is 48.5 Å². The Labute approximate surface area is 151 Å². The molecule has 1 N–H and O–H groups in total. The Morgan fingerprint density at radius 1 is 1.04 bits per heavy atom. The number of H-pyrrole nitrogens is 1. The summed E-state index contributed by atoms with van der Waals surface area (Å²) in [6.07, 6.45) is 1.96. The van der Waals surface area contributed by atoms with Gasteiger partial charge in [0.2, 0.25) is 0 Å².